The molecule has 110 valence electrons. The van der Waals surface area contributed by atoms with Crippen LogP contribution in [0, 0.1) is 5.92 Å². The van der Waals surface area contributed by atoms with Crippen LogP contribution in [0.25, 0.3) is 0 Å². The molecule has 4 nitrogen and oxygen atoms in total. The Kier molecular flexibility index (Phi) is 6.75. The average Bonchev–Trinajstić information content (AvgIpc) is 2.37. The smallest absolute Gasteiger partial charge is 0.412 e. The van der Waals surface area contributed by atoms with Crippen molar-refractivity contribution in [2.24, 2.45) is 5.92 Å². The molecule has 1 amide bonds. The molecular formula is C14H18ClNO3S. The van der Waals surface area contributed by atoms with E-state index in [4.69, 9.17) is 33.3 Å². The lowest BCUT2D eigenvalue weighted by Gasteiger charge is -2.12. The highest BCUT2D eigenvalue weighted by Crippen LogP contribution is 2.26. The summed E-state index contributed by atoms with van der Waals surface area (Å²) in [4.78, 5) is 11.5. The van der Waals surface area contributed by atoms with Crippen LogP contribution in [0.2, 0.25) is 5.02 Å². The molecule has 0 aliphatic rings. The lowest BCUT2D eigenvalue weighted by molar-refractivity contribution is 0.158. The zero-order valence-corrected chi connectivity index (χ0v) is 13.3. The first-order valence-electron chi connectivity index (χ1n) is 6.34. The van der Waals surface area contributed by atoms with Gasteiger partial charge in [0.1, 0.15) is 10.7 Å². The fourth-order valence-corrected chi connectivity index (χ4v) is 1.79. The third-order valence-corrected chi connectivity index (χ3v) is 2.89. The van der Waals surface area contributed by atoms with E-state index in [9.17, 15) is 4.79 Å². The summed E-state index contributed by atoms with van der Waals surface area (Å²) in [7, 11) is 0. The monoisotopic (exact) mass is 315 g/mol. The van der Waals surface area contributed by atoms with Gasteiger partial charge in [-0.1, -0.05) is 37.7 Å². The van der Waals surface area contributed by atoms with Gasteiger partial charge in [-0.05, 0) is 31.0 Å². The highest BCUT2D eigenvalue weighted by atomic mass is 35.5. The maximum Gasteiger partial charge on any atom is 0.412 e. The number of amides is 1. The van der Waals surface area contributed by atoms with Crippen LogP contribution in [-0.2, 0) is 4.74 Å². The van der Waals surface area contributed by atoms with Gasteiger partial charge in [0.15, 0.2) is 0 Å². The molecule has 0 unspecified atom stereocenters. The minimum absolute atomic E-state index is 0.265. The van der Waals surface area contributed by atoms with E-state index >= 15 is 0 Å². The average molecular weight is 316 g/mol. The topological polar surface area (TPSA) is 47.6 Å². The van der Waals surface area contributed by atoms with Gasteiger partial charge in [-0.2, -0.15) is 0 Å². The van der Waals surface area contributed by atoms with Gasteiger partial charge in [0, 0.05) is 5.56 Å². The number of carbonyl (C=O) groups is 1. The number of benzene rings is 1. The third-order valence-electron chi connectivity index (χ3n) is 2.26. The van der Waals surface area contributed by atoms with Gasteiger partial charge in [0.2, 0.25) is 0 Å². The number of hydrogen-bond donors (Lipinski definition) is 1. The van der Waals surface area contributed by atoms with Crippen molar-refractivity contribution in [1.82, 2.24) is 5.32 Å². The first kappa shape index (κ1) is 16.7. The summed E-state index contributed by atoms with van der Waals surface area (Å²) in [5.74, 6) is 1.01. The molecule has 1 N–H and O–H groups in total. The Morgan fingerprint density at radius 1 is 1.45 bits per heavy atom. The van der Waals surface area contributed by atoms with Gasteiger partial charge < -0.3 is 9.47 Å². The van der Waals surface area contributed by atoms with E-state index in [1.807, 2.05) is 0 Å². The highest BCUT2D eigenvalue weighted by molar-refractivity contribution is 7.80. The number of hydrogen-bond acceptors (Lipinski definition) is 4. The van der Waals surface area contributed by atoms with Gasteiger partial charge >= 0.3 is 6.09 Å². The Morgan fingerprint density at radius 3 is 2.70 bits per heavy atom. The van der Waals surface area contributed by atoms with Crippen molar-refractivity contribution in [3.05, 3.63) is 28.8 Å². The van der Waals surface area contributed by atoms with Crippen LogP contribution in [0.1, 0.15) is 26.3 Å². The van der Waals surface area contributed by atoms with Crippen LogP contribution in [-0.4, -0.2) is 24.3 Å². The van der Waals surface area contributed by atoms with E-state index in [0.717, 1.165) is 0 Å². The Balaban J connectivity index is 2.71. The molecule has 6 heteroatoms. The Hall–Kier alpha value is -1.33. The van der Waals surface area contributed by atoms with Crippen molar-refractivity contribution in [2.45, 2.75) is 20.8 Å². The molecule has 0 saturated heterocycles. The van der Waals surface area contributed by atoms with Crippen LogP contribution in [0.4, 0.5) is 4.79 Å². The zero-order valence-electron chi connectivity index (χ0n) is 11.7. The van der Waals surface area contributed by atoms with Crippen LogP contribution in [0.5, 0.6) is 5.75 Å². The molecule has 0 radical (unpaired) electrons. The second-order valence-electron chi connectivity index (χ2n) is 4.52. The van der Waals surface area contributed by atoms with E-state index in [1.54, 1.807) is 25.1 Å². The second-order valence-corrected chi connectivity index (χ2v) is 5.34. The molecule has 0 aliphatic heterocycles. The summed E-state index contributed by atoms with van der Waals surface area (Å²) in [6.07, 6.45) is -0.575. The molecule has 1 aromatic carbocycles. The van der Waals surface area contributed by atoms with Crippen molar-refractivity contribution in [1.29, 1.82) is 0 Å². The number of halogens is 1. The SMILES string of the molecule is CCOC(=O)NC(=S)c1ccc(OCC(C)C)c(Cl)c1. The van der Waals surface area contributed by atoms with E-state index in [0.29, 0.717) is 28.9 Å². The standard InChI is InChI=1S/C14H18ClNO3S/c1-4-18-14(17)16-13(20)10-5-6-12(11(15)7-10)19-8-9(2)3/h5-7,9H,4,8H2,1-3H3,(H,16,17,20). The number of alkyl carbamates (subject to hydrolysis) is 1. The molecule has 1 aromatic rings. The van der Waals surface area contributed by atoms with Gasteiger partial charge in [0.05, 0.1) is 18.2 Å². The Bertz CT molecular complexity index is 491. The molecule has 0 aliphatic carbocycles. The van der Waals surface area contributed by atoms with Crippen molar-refractivity contribution >= 4 is 34.9 Å². The number of nitrogens with one attached hydrogen (secondary N) is 1. The third kappa shape index (κ3) is 5.35. The Labute approximate surface area is 129 Å². The van der Waals surface area contributed by atoms with E-state index in [2.05, 4.69) is 19.2 Å². The molecule has 0 heterocycles. The summed E-state index contributed by atoms with van der Waals surface area (Å²) >= 11 is 11.2. The molecule has 0 bridgehead atoms. The minimum atomic E-state index is -0.575. The number of carbonyl (C=O) groups excluding carboxylic acids is 1. The van der Waals surface area contributed by atoms with E-state index < -0.39 is 6.09 Å². The molecule has 0 atom stereocenters. The summed E-state index contributed by atoms with van der Waals surface area (Å²) < 4.78 is 10.3. The summed E-state index contributed by atoms with van der Waals surface area (Å²) in [6, 6.07) is 5.14. The van der Waals surface area contributed by atoms with Gasteiger partial charge in [-0.15, -0.1) is 0 Å². The quantitative estimate of drug-likeness (QED) is 0.840. The lowest BCUT2D eigenvalue weighted by Crippen LogP contribution is -2.30. The number of rotatable bonds is 5. The van der Waals surface area contributed by atoms with Gasteiger partial charge in [-0.25, -0.2) is 4.79 Å². The summed E-state index contributed by atoms with van der Waals surface area (Å²) in [6.45, 7) is 6.71. The molecular weight excluding hydrogens is 298 g/mol. The predicted molar refractivity (Wildman–Crippen MR) is 83.6 cm³/mol. The molecule has 20 heavy (non-hydrogen) atoms. The van der Waals surface area contributed by atoms with Crippen molar-refractivity contribution in [3.63, 3.8) is 0 Å². The Morgan fingerprint density at radius 2 is 2.15 bits per heavy atom. The molecule has 0 aromatic heterocycles. The van der Waals surface area contributed by atoms with Crippen molar-refractivity contribution < 1.29 is 14.3 Å². The minimum Gasteiger partial charge on any atom is -0.492 e. The predicted octanol–water partition coefficient (Wildman–Crippen LogP) is 3.80. The van der Waals surface area contributed by atoms with Gasteiger partial charge in [-0.3, -0.25) is 5.32 Å². The zero-order chi connectivity index (χ0) is 15.1. The largest absolute Gasteiger partial charge is 0.492 e. The first-order chi connectivity index (χ1) is 9.43. The lowest BCUT2D eigenvalue weighted by atomic mass is 10.2. The van der Waals surface area contributed by atoms with Crippen LogP contribution in [0.3, 0.4) is 0 Å². The summed E-state index contributed by atoms with van der Waals surface area (Å²) in [5.41, 5.74) is 0.634. The fourth-order valence-electron chi connectivity index (χ4n) is 1.35. The van der Waals surface area contributed by atoms with E-state index in [-0.39, 0.29) is 11.6 Å². The fraction of sp³-hybridized carbons (Fsp3) is 0.429. The van der Waals surface area contributed by atoms with Crippen molar-refractivity contribution in [2.75, 3.05) is 13.2 Å². The molecule has 0 fully saturated rings. The number of ether oxygens (including phenoxy) is 2. The molecule has 0 saturated carbocycles. The maximum absolute atomic E-state index is 11.3. The number of thiocarbonyl (C=S) groups is 1. The van der Waals surface area contributed by atoms with Crippen LogP contribution in [0.15, 0.2) is 18.2 Å². The maximum atomic E-state index is 11.3. The van der Waals surface area contributed by atoms with Crippen LogP contribution < -0.4 is 10.1 Å². The molecule has 1 rings (SSSR count). The summed E-state index contributed by atoms with van der Waals surface area (Å²) in [5, 5.41) is 2.92. The first-order valence-corrected chi connectivity index (χ1v) is 7.13. The van der Waals surface area contributed by atoms with Crippen molar-refractivity contribution in [3.8, 4) is 5.75 Å². The molecule has 0 spiro atoms. The second kappa shape index (κ2) is 8.07. The van der Waals surface area contributed by atoms with Gasteiger partial charge in [0.25, 0.3) is 0 Å². The van der Waals surface area contributed by atoms with Crippen LogP contribution >= 0.6 is 23.8 Å². The normalized spacial score (nSPS) is 10.2. The highest BCUT2D eigenvalue weighted by Gasteiger charge is 2.10. The van der Waals surface area contributed by atoms with E-state index in [1.165, 1.54) is 0 Å².